The van der Waals surface area contributed by atoms with E-state index in [1.807, 2.05) is 71.8 Å². The molecule has 2 aromatic heterocycles. The molecule has 0 aliphatic carbocycles. The summed E-state index contributed by atoms with van der Waals surface area (Å²) in [5, 5.41) is 5.77. The number of carbonyl (C=O) groups excluding carboxylic acids is 1. The number of hydrogen-bond donors (Lipinski definition) is 1. The smallest absolute Gasteiger partial charge is 0.255 e. The minimum absolute atomic E-state index is 0.140. The van der Waals surface area contributed by atoms with Crippen molar-refractivity contribution in [3.8, 4) is 0 Å². The summed E-state index contributed by atoms with van der Waals surface area (Å²) in [6, 6.07) is 17.2. The highest BCUT2D eigenvalue weighted by molar-refractivity contribution is 14.1. The second-order valence-corrected chi connectivity index (χ2v) is 8.44. The lowest BCUT2D eigenvalue weighted by Gasteiger charge is -2.24. The van der Waals surface area contributed by atoms with Crippen molar-refractivity contribution >= 4 is 62.0 Å². The third-order valence-electron chi connectivity index (χ3n) is 4.33. The number of aromatic nitrogens is 2. The molecule has 0 fully saturated rings. The molecule has 29 heavy (non-hydrogen) atoms. The Hall–Kier alpha value is -2.78. The Morgan fingerprint density at radius 2 is 1.93 bits per heavy atom. The molecule has 7 heteroatoms. The van der Waals surface area contributed by atoms with Gasteiger partial charge in [0, 0.05) is 32.6 Å². The third-order valence-corrected chi connectivity index (χ3v) is 5.80. The van der Waals surface area contributed by atoms with E-state index < -0.39 is 0 Å². The second kappa shape index (κ2) is 8.71. The number of nitrogens with zero attached hydrogens (tertiary/aromatic N) is 3. The minimum Gasteiger partial charge on any atom is -0.322 e. The summed E-state index contributed by atoms with van der Waals surface area (Å²) in [4.78, 5) is 23.4. The van der Waals surface area contributed by atoms with Crippen LogP contribution in [0.25, 0.3) is 0 Å². The van der Waals surface area contributed by atoms with Crippen LogP contribution in [0.15, 0.2) is 78.6 Å². The van der Waals surface area contributed by atoms with Gasteiger partial charge >= 0.3 is 0 Å². The van der Waals surface area contributed by atoms with Crippen LogP contribution in [-0.4, -0.2) is 15.9 Å². The van der Waals surface area contributed by atoms with Crippen LogP contribution in [0, 0.1) is 10.5 Å². The normalized spacial score (nSPS) is 10.6. The van der Waals surface area contributed by atoms with Crippen molar-refractivity contribution in [3.63, 3.8) is 0 Å². The molecule has 4 aromatic rings. The number of nitrogens with one attached hydrogen (secondary N) is 1. The van der Waals surface area contributed by atoms with E-state index in [9.17, 15) is 4.79 Å². The van der Waals surface area contributed by atoms with E-state index in [1.165, 1.54) is 0 Å². The van der Waals surface area contributed by atoms with Crippen molar-refractivity contribution in [1.82, 2.24) is 9.97 Å². The number of pyridine rings is 1. The van der Waals surface area contributed by atoms with Gasteiger partial charge in [0.25, 0.3) is 5.91 Å². The first-order valence-corrected chi connectivity index (χ1v) is 10.8. The number of benzene rings is 2. The minimum atomic E-state index is -0.140. The molecule has 0 aliphatic heterocycles. The van der Waals surface area contributed by atoms with Crippen molar-refractivity contribution in [2.45, 2.75) is 6.92 Å². The summed E-state index contributed by atoms with van der Waals surface area (Å²) in [6.45, 7) is 2.04. The highest BCUT2D eigenvalue weighted by Crippen LogP contribution is 2.38. The third kappa shape index (κ3) is 4.46. The summed E-state index contributed by atoms with van der Waals surface area (Å²) >= 11 is 3.77. The molecule has 0 spiro atoms. The van der Waals surface area contributed by atoms with E-state index in [2.05, 4.69) is 37.9 Å². The molecule has 0 bridgehead atoms. The average Bonchev–Trinajstić information content (AvgIpc) is 3.26. The lowest BCUT2D eigenvalue weighted by atomic mass is 10.1. The van der Waals surface area contributed by atoms with E-state index in [-0.39, 0.29) is 5.91 Å². The van der Waals surface area contributed by atoms with Crippen LogP contribution in [0.2, 0.25) is 0 Å². The van der Waals surface area contributed by atoms with Crippen molar-refractivity contribution < 1.29 is 4.79 Å². The van der Waals surface area contributed by atoms with Crippen molar-refractivity contribution in [3.05, 3.63) is 93.3 Å². The standard InChI is InChI=1S/C22H17IN4OS/c1-15-4-9-18(26-21(28)16-5-7-17(23)8-6-16)13-20(15)27(22-25-11-12-29-22)19-3-2-10-24-14-19/h2-14H,1H3,(H,26,28). The first kappa shape index (κ1) is 19.5. The van der Waals surface area contributed by atoms with Gasteiger partial charge in [-0.25, -0.2) is 4.98 Å². The first-order chi connectivity index (χ1) is 14.1. The largest absolute Gasteiger partial charge is 0.322 e. The van der Waals surface area contributed by atoms with Crippen LogP contribution in [0.1, 0.15) is 15.9 Å². The van der Waals surface area contributed by atoms with Crippen molar-refractivity contribution in [1.29, 1.82) is 0 Å². The highest BCUT2D eigenvalue weighted by Gasteiger charge is 2.18. The maximum Gasteiger partial charge on any atom is 0.255 e. The number of rotatable bonds is 5. The van der Waals surface area contributed by atoms with E-state index in [0.717, 1.165) is 31.3 Å². The maximum absolute atomic E-state index is 12.6. The molecule has 5 nitrogen and oxygen atoms in total. The predicted molar refractivity (Wildman–Crippen MR) is 126 cm³/mol. The molecule has 2 aromatic carbocycles. The lowest BCUT2D eigenvalue weighted by Crippen LogP contribution is -2.14. The lowest BCUT2D eigenvalue weighted by molar-refractivity contribution is 0.102. The van der Waals surface area contributed by atoms with Gasteiger partial charge in [0.1, 0.15) is 0 Å². The fraction of sp³-hybridized carbons (Fsp3) is 0.0455. The Morgan fingerprint density at radius 3 is 2.62 bits per heavy atom. The topological polar surface area (TPSA) is 58.1 Å². The highest BCUT2D eigenvalue weighted by atomic mass is 127. The fourth-order valence-electron chi connectivity index (χ4n) is 2.90. The Bertz CT molecular complexity index is 1120. The van der Waals surface area contributed by atoms with Gasteiger partial charge in [0.05, 0.1) is 17.6 Å². The summed E-state index contributed by atoms with van der Waals surface area (Å²) in [5.74, 6) is -0.140. The van der Waals surface area contributed by atoms with Crippen LogP contribution in [0.3, 0.4) is 0 Å². The molecule has 0 saturated carbocycles. The van der Waals surface area contributed by atoms with Gasteiger partial charge in [0.15, 0.2) is 5.13 Å². The van der Waals surface area contributed by atoms with Gasteiger partial charge in [-0.15, -0.1) is 11.3 Å². The molecule has 0 aliphatic rings. The van der Waals surface area contributed by atoms with Gasteiger partial charge in [-0.1, -0.05) is 6.07 Å². The zero-order valence-corrected chi connectivity index (χ0v) is 18.5. The Balaban J connectivity index is 1.70. The van der Waals surface area contributed by atoms with Crippen LogP contribution in [0.4, 0.5) is 22.2 Å². The Labute approximate surface area is 186 Å². The monoisotopic (exact) mass is 512 g/mol. The van der Waals surface area contributed by atoms with Crippen LogP contribution in [0.5, 0.6) is 0 Å². The van der Waals surface area contributed by atoms with Crippen LogP contribution in [-0.2, 0) is 0 Å². The van der Waals surface area contributed by atoms with E-state index >= 15 is 0 Å². The molecule has 144 valence electrons. The van der Waals surface area contributed by atoms with Crippen molar-refractivity contribution in [2.24, 2.45) is 0 Å². The number of carbonyl (C=O) groups is 1. The number of aryl methyl sites for hydroxylation is 1. The van der Waals surface area contributed by atoms with Crippen LogP contribution >= 0.6 is 33.9 Å². The van der Waals surface area contributed by atoms with Gasteiger partial charge in [0.2, 0.25) is 0 Å². The predicted octanol–water partition coefficient (Wildman–Crippen LogP) is 6.17. The molecule has 1 N–H and O–H groups in total. The van der Waals surface area contributed by atoms with Crippen LogP contribution < -0.4 is 10.2 Å². The van der Waals surface area contributed by atoms with Gasteiger partial charge in [-0.05, 0) is 83.6 Å². The van der Waals surface area contributed by atoms with E-state index in [1.54, 1.807) is 29.9 Å². The fourth-order valence-corrected chi connectivity index (χ4v) is 3.93. The quantitative estimate of drug-likeness (QED) is 0.325. The molecule has 2 heterocycles. The first-order valence-electron chi connectivity index (χ1n) is 8.89. The number of amides is 1. The molecule has 0 saturated heterocycles. The summed E-state index contributed by atoms with van der Waals surface area (Å²) in [7, 11) is 0. The Morgan fingerprint density at radius 1 is 1.10 bits per heavy atom. The molecule has 0 unspecified atom stereocenters. The maximum atomic E-state index is 12.6. The second-order valence-electron chi connectivity index (χ2n) is 6.32. The molecular formula is C22H17IN4OS. The van der Waals surface area contributed by atoms with Gasteiger partial charge in [-0.2, -0.15) is 0 Å². The summed E-state index contributed by atoms with van der Waals surface area (Å²) < 4.78 is 1.09. The molecular weight excluding hydrogens is 495 g/mol. The molecule has 0 atom stereocenters. The van der Waals surface area contributed by atoms with E-state index in [4.69, 9.17) is 0 Å². The zero-order chi connectivity index (χ0) is 20.2. The summed E-state index contributed by atoms with van der Waals surface area (Å²) in [5.41, 5.74) is 4.26. The SMILES string of the molecule is Cc1ccc(NC(=O)c2ccc(I)cc2)cc1N(c1cccnc1)c1nccs1. The van der Waals surface area contributed by atoms with E-state index in [0.29, 0.717) is 5.56 Å². The molecule has 1 amide bonds. The number of thiazole rings is 1. The number of anilines is 4. The van der Waals surface area contributed by atoms with Gasteiger partial charge < -0.3 is 5.32 Å². The average molecular weight is 512 g/mol. The van der Waals surface area contributed by atoms with Crippen molar-refractivity contribution in [2.75, 3.05) is 10.2 Å². The zero-order valence-electron chi connectivity index (χ0n) is 15.5. The molecule has 4 rings (SSSR count). The van der Waals surface area contributed by atoms with Gasteiger partial charge in [-0.3, -0.25) is 14.7 Å². The molecule has 0 radical (unpaired) electrons. The number of halogens is 1. The Kier molecular flexibility index (Phi) is 5.86. The number of hydrogen-bond acceptors (Lipinski definition) is 5. The summed E-state index contributed by atoms with van der Waals surface area (Å²) in [6.07, 6.45) is 5.33.